The fourth-order valence-electron chi connectivity index (χ4n) is 2.20. The molecule has 21 heavy (non-hydrogen) atoms. The maximum Gasteiger partial charge on any atom is 0.393 e. The van der Waals surface area contributed by atoms with E-state index >= 15 is 0 Å². The number of nitrogens with zero attached hydrogens (tertiary/aromatic N) is 2. The molecule has 0 spiro atoms. The van der Waals surface area contributed by atoms with Gasteiger partial charge in [0.25, 0.3) is 0 Å². The van der Waals surface area contributed by atoms with Crippen LogP contribution in [0.2, 0.25) is 0 Å². The van der Waals surface area contributed by atoms with Crippen molar-refractivity contribution in [3.05, 3.63) is 18.3 Å². The number of hydrazine groups is 1. The minimum atomic E-state index is -4.39. The lowest BCUT2D eigenvalue weighted by molar-refractivity contribution is -0.182. The van der Waals surface area contributed by atoms with Crippen molar-refractivity contribution in [1.82, 2.24) is 9.29 Å². The molecule has 3 N–H and O–H groups in total. The van der Waals surface area contributed by atoms with Crippen molar-refractivity contribution in [2.45, 2.75) is 23.9 Å². The Bertz CT molecular complexity index is 588. The number of anilines is 1. The first-order valence-electron chi connectivity index (χ1n) is 6.24. The highest BCUT2D eigenvalue weighted by atomic mass is 32.2. The average Bonchev–Trinajstić information content (AvgIpc) is 2.46. The number of piperidine rings is 1. The zero-order valence-corrected chi connectivity index (χ0v) is 11.8. The fraction of sp³-hybridized carbons (Fsp3) is 0.545. The van der Waals surface area contributed by atoms with Crippen LogP contribution in [0, 0.1) is 5.92 Å². The largest absolute Gasteiger partial charge is 0.393 e. The topological polar surface area (TPSA) is 88.3 Å². The monoisotopic (exact) mass is 324 g/mol. The standard InChI is InChI=1S/C11H15F3N4O2S/c12-11(13,14)8-2-1-5-18(7-8)21(19,20)9-3-4-10(17-15)16-6-9/h3-4,6,8H,1-2,5,7,15H2,(H,16,17). The summed E-state index contributed by atoms with van der Waals surface area (Å²) in [5.41, 5.74) is 2.24. The van der Waals surface area contributed by atoms with Crippen LogP contribution < -0.4 is 11.3 Å². The summed E-state index contributed by atoms with van der Waals surface area (Å²) in [7, 11) is -3.98. The molecule has 0 aliphatic carbocycles. The van der Waals surface area contributed by atoms with Crippen molar-refractivity contribution in [1.29, 1.82) is 0 Å². The van der Waals surface area contributed by atoms with Crippen molar-refractivity contribution in [3.63, 3.8) is 0 Å². The number of aromatic nitrogens is 1. The molecule has 0 saturated carbocycles. The third-order valence-corrected chi connectivity index (χ3v) is 5.22. The summed E-state index contributed by atoms with van der Waals surface area (Å²) in [5, 5.41) is 0. The molecule has 1 aromatic rings. The van der Waals surface area contributed by atoms with Gasteiger partial charge < -0.3 is 5.43 Å². The smallest absolute Gasteiger partial charge is 0.308 e. The van der Waals surface area contributed by atoms with E-state index in [0.29, 0.717) is 0 Å². The van der Waals surface area contributed by atoms with E-state index in [9.17, 15) is 21.6 Å². The van der Waals surface area contributed by atoms with Crippen LogP contribution in [-0.4, -0.2) is 37.0 Å². The van der Waals surface area contributed by atoms with Crippen molar-refractivity contribution < 1.29 is 21.6 Å². The van der Waals surface area contributed by atoms with Crippen molar-refractivity contribution >= 4 is 15.8 Å². The molecule has 1 aliphatic rings. The normalized spacial score (nSPS) is 21.2. The molecule has 10 heteroatoms. The zero-order chi connectivity index (χ0) is 15.7. The minimum Gasteiger partial charge on any atom is -0.308 e. The highest BCUT2D eigenvalue weighted by Crippen LogP contribution is 2.34. The predicted molar refractivity (Wildman–Crippen MR) is 69.6 cm³/mol. The first-order valence-corrected chi connectivity index (χ1v) is 7.68. The second-order valence-corrected chi connectivity index (χ2v) is 6.71. The van der Waals surface area contributed by atoms with Crippen LogP contribution in [0.25, 0.3) is 0 Å². The summed E-state index contributed by atoms with van der Waals surface area (Å²) in [6.45, 7) is -0.478. The number of halogens is 3. The van der Waals surface area contributed by atoms with Crippen molar-refractivity contribution in [3.8, 4) is 0 Å². The quantitative estimate of drug-likeness (QED) is 0.647. The Morgan fingerprint density at radius 3 is 2.62 bits per heavy atom. The Labute approximate surface area is 120 Å². The number of rotatable bonds is 3. The van der Waals surface area contributed by atoms with E-state index in [0.717, 1.165) is 10.5 Å². The molecular formula is C11H15F3N4O2S. The van der Waals surface area contributed by atoms with Gasteiger partial charge >= 0.3 is 6.18 Å². The lowest BCUT2D eigenvalue weighted by Gasteiger charge is -2.32. The van der Waals surface area contributed by atoms with E-state index in [4.69, 9.17) is 5.84 Å². The molecule has 1 aliphatic heterocycles. The molecule has 0 aromatic carbocycles. The summed E-state index contributed by atoms with van der Waals surface area (Å²) in [6, 6.07) is 2.60. The van der Waals surface area contributed by atoms with Crippen LogP contribution in [0.1, 0.15) is 12.8 Å². The van der Waals surface area contributed by atoms with Gasteiger partial charge in [-0.15, -0.1) is 0 Å². The third-order valence-electron chi connectivity index (χ3n) is 3.37. The van der Waals surface area contributed by atoms with Gasteiger partial charge in [-0.25, -0.2) is 19.2 Å². The number of nitrogen functional groups attached to an aromatic ring is 1. The molecular weight excluding hydrogens is 309 g/mol. The molecule has 1 atom stereocenters. The van der Waals surface area contributed by atoms with Gasteiger partial charge in [-0.3, -0.25) is 0 Å². The van der Waals surface area contributed by atoms with Gasteiger partial charge in [0.1, 0.15) is 10.7 Å². The Hall–Kier alpha value is -1.39. The van der Waals surface area contributed by atoms with Crippen LogP contribution in [-0.2, 0) is 10.0 Å². The Kier molecular flexibility index (Phi) is 4.40. The SMILES string of the molecule is NNc1ccc(S(=O)(=O)N2CCCC(C(F)(F)F)C2)cn1. The number of sulfonamides is 1. The number of pyridine rings is 1. The van der Waals surface area contributed by atoms with Crippen LogP contribution in [0.4, 0.5) is 19.0 Å². The van der Waals surface area contributed by atoms with Gasteiger partial charge in [0, 0.05) is 19.3 Å². The fourth-order valence-corrected chi connectivity index (χ4v) is 3.66. The molecule has 0 amide bonds. The molecule has 2 rings (SSSR count). The van der Waals surface area contributed by atoms with Crippen LogP contribution >= 0.6 is 0 Å². The van der Waals surface area contributed by atoms with E-state index < -0.39 is 28.7 Å². The molecule has 118 valence electrons. The summed E-state index contributed by atoms with van der Waals surface area (Å²) in [4.78, 5) is 3.61. The van der Waals surface area contributed by atoms with E-state index in [1.54, 1.807) is 0 Å². The number of hydrogen-bond donors (Lipinski definition) is 2. The third kappa shape index (κ3) is 3.44. The van der Waals surface area contributed by atoms with Gasteiger partial charge in [-0.05, 0) is 25.0 Å². The van der Waals surface area contributed by atoms with E-state index in [2.05, 4.69) is 10.4 Å². The Balaban J connectivity index is 2.22. The van der Waals surface area contributed by atoms with Gasteiger partial charge in [0.05, 0.1) is 5.92 Å². The van der Waals surface area contributed by atoms with Crippen LogP contribution in [0.3, 0.4) is 0 Å². The highest BCUT2D eigenvalue weighted by molar-refractivity contribution is 7.89. The molecule has 2 heterocycles. The number of nitrogens with one attached hydrogen (secondary N) is 1. The molecule has 1 saturated heterocycles. The highest BCUT2D eigenvalue weighted by Gasteiger charge is 2.44. The first-order chi connectivity index (χ1) is 9.75. The Morgan fingerprint density at radius 1 is 1.38 bits per heavy atom. The van der Waals surface area contributed by atoms with Crippen molar-refractivity contribution in [2.24, 2.45) is 11.8 Å². The molecule has 1 fully saturated rings. The molecule has 0 radical (unpaired) electrons. The van der Waals surface area contributed by atoms with Gasteiger partial charge in [-0.1, -0.05) is 0 Å². The molecule has 1 unspecified atom stereocenters. The lowest BCUT2D eigenvalue weighted by atomic mass is 9.99. The summed E-state index contributed by atoms with van der Waals surface area (Å²) in [6.07, 6.45) is -3.19. The number of nitrogens with two attached hydrogens (primary N) is 1. The molecule has 1 aromatic heterocycles. The van der Waals surface area contributed by atoms with Gasteiger partial charge in [-0.2, -0.15) is 17.5 Å². The Morgan fingerprint density at radius 2 is 2.10 bits per heavy atom. The summed E-state index contributed by atoms with van der Waals surface area (Å²) in [5.74, 6) is 3.76. The van der Waals surface area contributed by atoms with Crippen molar-refractivity contribution in [2.75, 3.05) is 18.5 Å². The molecule has 6 nitrogen and oxygen atoms in total. The summed E-state index contributed by atoms with van der Waals surface area (Å²) >= 11 is 0. The minimum absolute atomic E-state index is 0.0518. The summed E-state index contributed by atoms with van der Waals surface area (Å²) < 4.78 is 63.8. The van der Waals surface area contributed by atoms with Crippen LogP contribution in [0.5, 0.6) is 0 Å². The maximum absolute atomic E-state index is 12.7. The van der Waals surface area contributed by atoms with E-state index in [1.165, 1.54) is 12.1 Å². The van der Waals surface area contributed by atoms with Gasteiger partial charge in [0.15, 0.2) is 0 Å². The maximum atomic E-state index is 12.7. The molecule has 0 bridgehead atoms. The number of hydrogen-bond acceptors (Lipinski definition) is 5. The predicted octanol–water partition coefficient (Wildman–Crippen LogP) is 1.33. The second kappa shape index (κ2) is 5.78. The van der Waals surface area contributed by atoms with E-state index in [-0.39, 0.29) is 30.1 Å². The second-order valence-electron chi connectivity index (χ2n) is 4.77. The van der Waals surface area contributed by atoms with Gasteiger partial charge in [0.2, 0.25) is 10.0 Å². The lowest BCUT2D eigenvalue weighted by Crippen LogP contribution is -2.44. The zero-order valence-electron chi connectivity index (χ0n) is 11.0. The average molecular weight is 324 g/mol. The number of alkyl halides is 3. The van der Waals surface area contributed by atoms with Crippen LogP contribution in [0.15, 0.2) is 23.2 Å². The van der Waals surface area contributed by atoms with E-state index in [1.807, 2.05) is 0 Å². The first kappa shape index (κ1) is 16.0.